The zero-order chi connectivity index (χ0) is 19.8. The number of nitrogens with two attached hydrogens (primary N) is 1. The van der Waals surface area contributed by atoms with Gasteiger partial charge in [-0.1, -0.05) is 51.4 Å². The molecular formula is C18H35N3O5. The van der Waals surface area contributed by atoms with Gasteiger partial charge in [-0.3, -0.25) is 14.4 Å². The lowest BCUT2D eigenvalue weighted by Crippen LogP contribution is -2.37. The van der Waals surface area contributed by atoms with E-state index in [-0.39, 0.29) is 13.0 Å². The number of primary amides is 1. The van der Waals surface area contributed by atoms with Crippen LogP contribution in [0.5, 0.6) is 0 Å². The minimum atomic E-state index is -1.07. The molecule has 0 aromatic rings. The summed E-state index contributed by atoms with van der Waals surface area (Å²) in [5.41, 5.74) is 4.76. The van der Waals surface area contributed by atoms with Crippen LogP contribution in [0.3, 0.4) is 0 Å². The van der Waals surface area contributed by atoms with Crippen LogP contribution in [0, 0.1) is 0 Å². The Morgan fingerprint density at radius 3 is 1.73 bits per heavy atom. The number of hydrogen-bond acceptors (Lipinski definition) is 5. The third-order valence-electron chi connectivity index (χ3n) is 4.45. The molecule has 8 heteroatoms. The fourth-order valence-electron chi connectivity index (χ4n) is 2.94. The number of nitrogens with one attached hydrogen (secondary N) is 2. The van der Waals surface area contributed by atoms with Crippen LogP contribution < -0.4 is 16.4 Å². The molecule has 0 unspecified atom stereocenters. The Morgan fingerprint density at radius 1 is 0.962 bits per heavy atom. The van der Waals surface area contributed by atoms with E-state index in [2.05, 4.69) is 10.6 Å². The first-order valence-electron chi connectivity index (χ1n) is 9.50. The van der Waals surface area contributed by atoms with Crippen molar-refractivity contribution in [2.24, 2.45) is 5.73 Å². The number of amides is 1. The minimum Gasteiger partial charge on any atom is -0.480 e. The van der Waals surface area contributed by atoms with Crippen molar-refractivity contribution in [1.82, 2.24) is 10.6 Å². The van der Waals surface area contributed by atoms with Crippen molar-refractivity contribution in [3.05, 3.63) is 0 Å². The van der Waals surface area contributed by atoms with Gasteiger partial charge in [0.1, 0.15) is 6.04 Å². The Morgan fingerprint density at radius 2 is 1.42 bits per heavy atom. The number of carbonyl (C=O) groups is 3. The normalized spacial score (nSPS) is 17.9. The maximum atomic E-state index is 10.5. The van der Waals surface area contributed by atoms with Crippen molar-refractivity contribution < 1.29 is 24.6 Å². The first-order chi connectivity index (χ1) is 12.4. The summed E-state index contributed by atoms with van der Waals surface area (Å²) in [6, 6.07) is -0.438. The molecule has 1 aliphatic rings. The molecule has 0 spiro atoms. The van der Waals surface area contributed by atoms with Crippen molar-refractivity contribution >= 4 is 17.8 Å². The Kier molecular flexibility index (Phi) is 14.6. The van der Waals surface area contributed by atoms with Gasteiger partial charge in [-0.05, 0) is 19.9 Å². The van der Waals surface area contributed by atoms with Gasteiger partial charge in [0, 0.05) is 6.04 Å². The smallest absolute Gasteiger partial charge is 0.321 e. The van der Waals surface area contributed by atoms with Gasteiger partial charge in [0.05, 0.1) is 13.0 Å². The summed E-state index contributed by atoms with van der Waals surface area (Å²) in [6.45, 7) is 0.116. The highest BCUT2D eigenvalue weighted by molar-refractivity contribution is 5.83. The highest BCUT2D eigenvalue weighted by Gasteiger charge is 2.16. The molecule has 0 aromatic heterocycles. The Bertz CT molecular complexity index is 406. The minimum absolute atomic E-state index is 0.116. The van der Waals surface area contributed by atoms with Crippen LogP contribution >= 0.6 is 0 Å². The number of hydrogen-bond donors (Lipinski definition) is 5. The monoisotopic (exact) mass is 373 g/mol. The molecule has 1 aliphatic carbocycles. The molecule has 8 nitrogen and oxygen atoms in total. The average Bonchev–Trinajstić information content (AvgIpc) is 2.63. The summed E-state index contributed by atoms with van der Waals surface area (Å²) >= 11 is 0. The molecule has 26 heavy (non-hydrogen) atoms. The molecular weight excluding hydrogens is 338 g/mol. The summed E-state index contributed by atoms with van der Waals surface area (Å²) in [5.74, 6) is -2.43. The predicted octanol–water partition coefficient (Wildman–Crippen LogP) is 1.48. The molecule has 1 fully saturated rings. The van der Waals surface area contributed by atoms with Crippen LogP contribution in [0.1, 0.15) is 70.6 Å². The standard InChI is InChI=1S/C13H25NO2.C5H10N2O3/c15-13(16)11-14-12-9-7-5-3-1-2-4-6-8-10-12;1-7-3(5(9)10)2-4(6)8/h12,14H,1-11H2,(H,15,16);3,7H,2H2,1H3,(H2,6,8)(H,9,10)/t;3-/m.0/s1. The lowest BCUT2D eigenvalue weighted by atomic mass is 10.0. The zero-order valence-corrected chi connectivity index (χ0v) is 15.8. The lowest BCUT2D eigenvalue weighted by Gasteiger charge is -2.17. The number of likely N-dealkylation sites (N-methyl/N-ethyl adjacent to an activating group) is 1. The number of rotatable bonds is 7. The van der Waals surface area contributed by atoms with Gasteiger partial charge < -0.3 is 26.6 Å². The van der Waals surface area contributed by atoms with Gasteiger partial charge in [0.2, 0.25) is 5.91 Å². The van der Waals surface area contributed by atoms with Crippen molar-refractivity contribution in [1.29, 1.82) is 0 Å². The van der Waals surface area contributed by atoms with Gasteiger partial charge in [-0.15, -0.1) is 0 Å². The molecule has 1 saturated carbocycles. The zero-order valence-electron chi connectivity index (χ0n) is 15.8. The second-order valence-corrected chi connectivity index (χ2v) is 6.73. The van der Waals surface area contributed by atoms with Crippen molar-refractivity contribution in [2.75, 3.05) is 13.6 Å². The Hall–Kier alpha value is -1.67. The quantitative estimate of drug-likeness (QED) is 0.455. The SMILES string of the molecule is CN[C@@H](CC(N)=O)C(=O)O.O=C(O)CNC1CCCCCCCCCC1. The molecule has 1 amide bonds. The maximum Gasteiger partial charge on any atom is 0.321 e. The van der Waals surface area contributed by atoms with Gasteiger partial charge in [-0.2, -0.15) is 0 Å². The van der Waals surface area contributed by atoms with Crippen LogP contribution in [0.2, 0.25) is 0 Å². The molecule has 1 rings (SSSR count). The highest BCUT2D eigenvalue weighted by atomic mass is 16.4. The molecule has 0 bridgehead atoms. The van der Waals surface area contributed by atoms with E-state index in [1.54, 1.807) is 0 Å². The third kappa shape index (κ3) is 14.7. The largest absolute Gasteiger partial charge is 0.480 e. The van der Waals surface area contributed by atoms with Crippen molar-refractivity contribution in [3.63, 3.8) is 0 Å². The van der Waals surface area contributed by atoms with E-state index in [0.717, 1.165) is 12.8 Å². The van der Waals surface area contributed by atoms with E-state index in [0.29, 0.717) is 6.04 Å². The lowest BCUT2D eigenvalue weighted by molar-refractivity contribution is -0.141. The van der Waals surface area contributed by atoms with Gasteiger partial charge in [0.15, 0.2) is 0 Å². The fraction of sp³-hybridized carbons (Fsp3) is 0.833. The number of carbonyl (C=O) groups excluding carboxylic acids is 1. The molecule has 1 atom stereocenters. The van der Waals surface area contributed by atoms with Crippen LogP contribution in [0.15, 0.2) is 0 Å². The molecule has 0 aromatic carbocycles. The van der Waals surface area contributed by atoms with Gasteiger partial charge in [-0.25, -0.2) is 0 Å². The number of carboxylic acids is 2. The Balaban J connectivity index is 0.000000541. The number of aliphatic carboxylic acids is 2. The average molecular weight is 373 g/mol. The highest BCUT2D eigenvalue weighted by Crippen LogP contribution is 2.16. The predicted molar refractivity (Wildman–Crippen MR) is 99.9 cm³/mol. The number of carboxylic acid groups (broad SMARTS) is 2. The summed E-state index contributed by atoms with van der Waals surface area (Å²) in [4.78, 5) is 30.9. The molecule has 0 radical (unpaired) electrons. The van der Waals surface area contributed by atoms with E-state index in [9.17, 15) is 14.4 Å². The molecule has 0 saturated heterocycles. The third-order valence-corrected chi connectivity index (χ3v) is 4.45. The topological polar surface area (TPSA) is 142 Å². The summed E-state index contributed by atoms with van der Waals surface area (Å²) in [5, 5.41) is 22.6. The summed E-state index contributed by atoms with van der Waals surface area (Å²) in [6.07, 6.45) is 12.7. The molecule has 0 aliphatic heterocycles. The van der Waals surface area contributed by atoms with Crippen molar-refractivity contribution in [2.45, 2.75) is 82.7 Å². The molecule has 0 heterocycles. The summed E-state index contributed by atoms with van der Waals surface area (Å²) < 4.78 is 0. The van der Waals surface area contributed by atoms with E-state index >= 15 is 0 Å². The van der Waals surface area contributed by atoms with Crippen LogP contribution in [-0.2, 0) is 14.4 Å². The van der Waals surface area contributed by atoms with Gasteiger partial charge >= 0.3 is 11.9 Å². The van der Waals surface area contributed by atoms with Crippen molar-refractivity contribution in [3.8, 4) is 0 Å². The van der Waals surface area contributed by atoms with Crippen LogP contribution in [0.4, 0.5) is 0 Å². The first-order valence-corrected chi connectivity index (χ1v) is 9.50. The van der Waals surface area contributed by atoms with Crippen LogP contribution in [0.25, 0.3) is 0 Å². The maximum absolute atomic E-state index is 10.5. The van der Waals surface area contributed by atoms with Crippen LogP contribution in [-0.4, -0.2) is 53.7 Å². The second-order valence-electron chi connectivity index (χ2n) is 6.73. The second kappa shape index (κ2) is 15.6. The Labute approximate surface area is 155 Å². The summed E-state index contributed by atoms with van der Waals surface area (Å²) in [7, 11) is 1.46. The van der Waals surface area contributed by atoms with E-state index in [1.807, 2.05) is 0 Å². The van der Waals surface area contributed by atoms with E-state index in [4.69, 9.17) is 15.9 Å². The van der Waals surface area contributed by atoms with E-state index in [1.165, 1.54) is 58.4 Å². The first kappa shape index (κ1) is 24.3. The van der Waals surface area contributed by atoms with Gasteiger partial charge in [0.25, 0.3) is 0 Å². The van der Waals surface area contributed by atoms with E-state index < -0.39 is 23.9 Å². The molecule has 6 N–H and O–H groups in total. The fourth-order valence-corrected chi connectivity index (χ4v) is 2.94. The molecule has 152 valence electrons.